The van der Waals surface area contributed by atoms with Crippen molar-refractivity contribution in [3.05, 3.63) is 54.2 Å². The van der Waals surface area contributed by atoms with Crippen molar-refractivity contribution in [1.82, 2.24) is 9.78 Å². The lowest BCUT2D eigenvalue weighted by Gasteiger charge is -2.18. The predicted octanol–water partition coefficient (Wildman–Crippen LogP) is 3.50. The van der Waals surface area contributed by atoms with Gasteiger partial charge in [0.25, 0.3) is 0 Å². The van der Waals surface area contributed by atoms with Crippen LogP contribution < -0.4 is 11.1 Å². The molecule has 0 radical (unpaired) electrons. The zero-order valence-corrected chi connectivity index (χ0v) is 14.9. The number of hydrogen-bond acceptors (Lipinski definition) is 3. The van der Waals surface area contributed by atoms with Gasteiger partial charge in [-0.05, 0) is 48.7 Å². The Morgan fingerprint density at radius 2 is 2.04 bits per heavy atom. The minimum atomic E-state index is -0.197. The highest BCUT2D eigenvalue weighted by molar-refractivity contribution is 5.95. The average Bonchev–Trinajstić information content (AvgIpc) is 2.98. The molecule has 0 saturated carbocycles. The molecule has 0 bridgehead atoms. The molecular formula is C20H24N4O. The van der Waals surface area contributed by atoms with E-state index < -0.39 is 0 Å². The number of hydrogen-bond donors (Lipinski definition) is 2. The molecule has 5 nitrogen and oxygen atoms in total. The van der Waals surface area contributed by atoms with Crippen LogP contribution in [0.2, 0.25) is 0 Å². The fourth-order valence-electron chi connectivity index (χ4n) is 2.98. The van der Waals surface area contributed by atoms with Crippen molar-refractivity contribution in [2.45, 2.75) is 20.8 Å². The number of amides is 1. The van der Waals surface area contributed by atoms with Crippen molar-refractivity contribution in [1.29, 1.82) is 0 Å². The molecular weight excluding hydrogens is 312 g/mol. The number of nitrogens with one attached hydrogen (secondary N) is 1. The molecule has 1 atom stereocenters. The molecule has 1 aromatic heterocycles. The van der Waals surface area contributed by atoms with Crippen LogP contribution in [0, 0.1) is 18.8 Å². The molecule has 1 amide bonds. The number of carbonyl (C=O) groups excluding carboxylic acids is 1. The van der Waals surface area contributed by atoms with Crippen molar-refractivity contribution in [3.8, 4) is 5.69 Å². The van der Waals surface area contributed by atoms with E-state index in [0.29, 0.717) is 6.54 Å². The van der Waals surface area contributed by atoms with Gasteiger partial charge >= 0.3 is 0 Å². The normalized spacial score (nSPS) is 12.5. The zero-order valence-electron chi connectivity index (χ0n) is 14.9. The third-order valence-electron chi connectivity index (χ3n) is 4.48. The summed E-state index contributed by atoms with van der Waals surface area (Å²) < 4.78 is 1.89. The Morgan fingerprint density at radius 3 is 2.72 bits per heavy atom. The van der Waals surface area contributed by atoms with Crippen molar-refractivity contribution in [2.75, 3.05) is 11.9 Å². The van der Waals surface area contributed by atoms with Crippen molar-refractivity contribution >= 4 is 22.5 Å². The Balaban J connectivity index is 1.94. The van der Waals surface area contributed by atoms with Gasteiger partial charge in [-0.25, -0.2) is 4.68 Å². The molecule has 5 heteroatoms. The fraction of sp³-hybridized carbons (Fsp3) is 0.300. The first-order chi connectivity index (χ1) is 12.0. The summed E-state index contributed by atoms with van der Waals surface area (Å²) in [5, 5.41) is 8.50. The minimum absolute atomic E-state index is 0.0431. The fourth-order valence-corrected chi connectivity index (χ4v) is 2.98. The molecule has 0 aliphatic heterocycles. The van der Waals surface area contributed by atoms with Crippen LogP contribution in [0.4, 0.5) is 5.69 Å². The number of nitrogens with zero attached hydrogens (tertiary/aromatic N) is 2. The van der Waals surface area contributed by atoms with E-state index in [1.807, 2.05) is 55.1 Å². The van der Waals surface area contributed by atoms with E-state index in [2.05, 4.69) is 29.5 Å². The van der Waals surface area contributed by atoms with Gasteiger partial charge in [-0.2, -0.15) is 5.10 Å². The van der Waals surface area contributed by atoms with Crippen molar-refractivity contribution in [3.63, 3.8) is 0 Å². The van der Waals surface area contributed by atoms with E-state index in [1.54, 1.807) is 0 Å². The van der Waals surface area contributed by atoms with Crippen LogP contribution in [0.25, 0.3) is 16.6 Å². The predicted molar refractivity (Wildman–Crippen MR) is 102 cm³/mol. The molecule has 3 rings (SSSR count). The van der Waals surface area contributed by atoms with E-state index in [9.17, 15) is 4.79 Å². The summed E-state index contributed by atoms with van der Waals surface area (Å²) in [4.78, 5) is 12.4. The molecule has 130 valence electrons. The summed E-state index contributed by atoms with van der Waals surface area (Å²) in [5.74, 6) is -0.0394. The third-order valence-corrected chi connectivity index (χ3v) is 4.48. The van der Waals surface area contributed by atoms with E-state index in [0.717, 1.165) is 22.3 Å². The first kappa shape index (κ1) is 17.2. The van der Waals surface area contributed by atoms with Crippen molar-refractivity contribution in [2.24, 2.45) is 17.6 Å². The largest absolute Gasteiger partial charge is 0.330 e. The lowest BCUT2D eigenvalue weighted by molar-refractivity contribution is -0.120. The molecule has 0 aliphatic carbocycles. The van der Waals surface area contributed by atoms with Gasteiger partial charge < -0.3 is 11.1 Å². The SMILES string of the molecule is Cc1cccc(-n2ncc3ccc(NC(=O)C(CN)C(C)C)cc32)c1. The minimum Gasteiger partial charge on any atom is -0.330 e. The second-order valence-electron chi connectivity index (χ2n) is 6.74. The summed E-state index contributed by atoms with van der Waals surface area (Å²) in [5.41, 5.74) is 9.63. The van der Waals surface area contributed by atoms with Gasteiger partial charge in [0.1, 0.15) is 0 Å². The Hall–Kier alpha value is -2.66. The molecule has 1 unspecified atom stereocenters. The van der Waals surface area contributed by atoms with E-state index in [-0.39, 0.29) is 17.7 Å². The number of aromatic nitrogens is 2. The maximum absolute atomic E-state index is 12.4. The second-order valence-corrected chi connectivity index (χ2v) is 6.74. The first-order valence-corrected chi connectivity index (χ1v) is 8.55. The number of anilines is 1. The third kappa shape index (κ3) is 3.56. The summed E-state index contributed by atoms with van der Waals surface area (Å²) in [6.07, 6.45) is 1.83. The lowest BCUT2D eigenvalue weighted by Crippen LogP contribution is -2.33. The number of aryl methyl sites for hydroxylation is 1. The Kier molecular flexibility index (Phi) is 4.86. The molecule has 25 heavy (non-hydrogen) atoms. The highest BCUT2D eigenvalue weighted by Gasteiger charge is 2.20. The quantitative estimate of drug-likeness (QED) is 0.749. The summed E-state index contributed by atoms with van der Waals surface area (Å²) in [6, 6.07) is 14.0. The number of carbonyl (C=O) groups is 1. The molecule has 0 saturated heterocycles. The van der Waals surface area contributed by atoms with Gasteiger partial charge in [0.2, 0.25) is 5.91 Å². The second kappa shape index (κ2) is 7.07. The number of nitrogens with two attached hydrogens (primary N) is 1. The van der Waals surface area contributed by atoms with Gasteiger partial charge in [-0.1, -0.05) is 26.0 Å². The summed E-state index contributed by atoms with van der Waals surface area (Å²) >= 11 is 0. The topological polar surface area (TPSA) is 72.9 Å². The van der Waals surface area contributed by atoms with E-state index >= 15 is 0 Å². The average molecular weight is 336 g/mol. The van der Waals surface area contributed by atoms with Crippen LogP contribution in [0.3, 0.4) is 0 Å². The maximum Gasteiger partial charge on any atom is 0.229 e. The van der Waals surface area contributed by atoms with Crippen molar-refractivity contribution < 1.29 is 4.79 Å². The van der Waals surface area contributed by atoms with Crippen LogP contribution in [0.1, 0.15) is 19.4 Å². The molecule has 3 N–H and O–H groups in total. The van der Waals surface area contributed by atoms with Gasteiger partial charge in [-0.15, -0.1) is 0 Å². The monoisotopic (exact) mass is 336 g/mol. The van der Waals surface area contributed by atoms with Crippen LogP contribution in [-0.2, 0) is 4.79 Å². The Bertz CT molecular complexity index is 898. The summed E-state index contributed by atoms with van der Waals surface area (Å²) in [6.45, 7) is 6.41. The van der Waals surface area contributed by atoms with Crippen LogP contribution in [0.15, 0.2) is 48.7 Å². The molecule has 0 aliphatic rings. The molecule has 0 spiro atoms. The van der Waals surface area contributed by atoms with Crippen LogP contribution in [0.5, 0.6) is 0 Å². The standard InChI is InChI=1S/C20H24N4O/c1-13(2)18(11-21)20(25)23-16-8-7-15-12-22-24(19(15)10-16)17-6-4-5-14(3)9-17/h4-10,12-13,18H,11,21H2,1-3H3,(H,23,25). The number of benzene rings is 2. The maximum atomic E-state index is 12.4. The molecule has 2 aromatic carbocycles. The number of rotatable bonds is 5. The summed E-state index contributed by atoms with van der Waals surface area (Å²) in [7, 11) is 0. The van der Waals surface area contributed by atoms with Crippen LogP contribution >= 0.6 is 0 Å². The molecule has 3 aromatic rings. The van der Waals surface area contributed by atoms with Gasteiger partial charge in [0, 0.05) is 17.6 Å². The van der Waals surface area contributed by atoms with Crippen LogP contribution in [-0.4, -0.2) is 22.2 Å². The van der Waals surface area contributed by atoms with E-state index in [1.165, 1.54) is 5.56 Å². The Morgan fingerprint density at radius 1 is 1.24 bits per heavy atom. The Labute approximate surface area is 147 Å². The highest BCUT2D eigenvalue weighted by Crippen LogP contribution is 2.23. The highest BCUT2D eigenvalue weighted by atomic mass is 16.1. The zero-order chi connectivity index (χ0) is 18.0. The molecule has 1 heterocycles. The lowest BCUT2D eigenvalue weighted by atomic mass is 9.95. The van der Waals surface area contributed by atoms with E-state index in [4.69, 9.17) is 5.73 Å². The van der Waals surface area contributed by atoms with Gasteiger partial charge in [0.15, 0.2) is 0 Å². The van der Waals surface area contributed by atoms with Gasteiger partial charge in [-0.3, -0.25) is 4.79 Å². The number of fused-ring (bicyclic) bond motifs is 1. The molecule has 0 fully saturated rings. The van der Waals surface area contributed by atoms with Gasteiger partial charge in [0.05, 0.1) is 23.3 Å². The smallest absolute Gasteiger partial charge is 0.229 e. The first-order valence-electron chi connectivity index (χ1n) is 8.55.